The number of carbonyl (C=O) groups excluding carboxylic acids is 2. The van der Waals surface area contributed by atoms with Crippen molar-refractivity contribution in [3.05, 3.63) is 101 Å². The van der Waals surface area contributed by atoms with Crippen molar-refractivity contribution in [2.45, 2.75) is 31.3 Å². The van der Waals surface area contributed by atoms with E-state index in [9.17, 15) is 9.59 Å². The quantitative estimate of drug-likeness (QED) is 0.492. The number of ether oxygens (including phenoxy) is 1. The first-order valence-electron chi connectivity index (χ1n) is 11.1. The molecule has 1 aliphatic rings. The van der Waals surface area contributed by atoms with E-state index in [1.165, 1.54) is 0 Å². The third kappa shape index (κ3) is 5.40. The predicted molar refractivity (Wildman–Crippen MR) is 132 cm³/mol. The zero-order valence-electron chi connectivity index (χ0n) is 18.9. The molecule has 33 heavy (non-hydrogen) atoms. The molecule has 2 atom stereocenters. The molecule has 3 aromatic carbocycles. The third-order valence-electron chi connectivity index (χ3n) is 5.85. The molecule has 3 aromatic rings. The zero-order valence-corrected chi connectivity index (χ0v) is 19.7. The standard InChI is InChI=1S/C27H28N2O3S/c1-3-24(20-13-15-23(32-2)16-14-20)28-26(31)21-9-11-22(12-10-21)27-29(25(30)18-33-27)17-19-7-5-4-6-8-19/h4-16,24,27H,3,17-18H2,1-2H3,(H,28,31)/t24-,27+/m1/s1. The molecule has 4 rings (SSSR count). The second-order valence-corrected chi connectivity index (χ2v) is 9.07. The van der Waals surface area contributed by atoms with Crippen LogP contribution in [-0.4, -0.2) is 29.6 Å². The molecule has 0 aliphatic carbocycles. The highest BCUT2D eigenvalue weighted by Gasteiger charge is 2.32. The van der Waals surface area contributed by atoms with Gasteiger partial charge in [-0.3, -0.25) is 9.59 Å². The molecular weight excluding hydrogens is 432 g/mol. The fourth-order valence-corrected chi connectivity index (χ4v) is 5.17. The van der Waals surface area contributed by atoms with Gasteiger partial charge in [0.05, 0.1) is 18.9 Å². The first-order valence-corrected chi connectivity index (χ1v) is 12.1. The van der Waals surface area contributed by atoms with Gasteiger partial charge in [0.2, 0.25) is 5.91 Å². The molecule has 0 spiro atoms. The largest absolute Gasteiger partial charge is 0.497 e. The summed E-state index contributed by atoms with van der Waals surface area (Å²) in [5, 5.41) is 3.08. The van der Waals surface area contributed by atoms with Crippen LogP contribution in [0.4, 0.5) is 0 Å². The third-order valence-corrected chi connectivity index (χ3v) is 7.11. The summed E-state index contributed by atoms with van der Waals surface area (Å²) in [6.45, 7) is 2.63. The van der Waals surface area contributed by atoms with Gasteiger partial charge in [0.25, 0.3) is 5.91 Å². The number of nitrogens with one attached hydrogen (secondary N) is 1. The summed E-state index contributed by atoms with van der Waals surface area (Å²) in [6, 6.07) is 25.3. The predicted octanol–water partition coefficient (Wildman–Crippen LogP) is 5.35. The lowest BCUT2D eigenvalue weighted by Crippen LogP contribution is -2.28. The molecule has 1 aliphatic heterocycles. The van der Waals surface area contributed by atoms with Crippen LogP contribution in [0.15, 0.2) is 78.9 Å². The second kappa shape index (κ2) is 10.6. The number of nitrogens with zero attached hydrogens (tertiary/aromatic N) is 1. The Balaban J connectivity index is 1.44. The normalized spacial score (nSPS) is 16.5. The Morgan fingerprint density at radius 3 is 2.39 bits per heavy atom. The van der Waals surface area contributed by atoms with Crippen LogP contribution in [0.5, 0.6) is 5.75 Å². The van der Waals surface area contributed by atoms with Crippen LogP contribution in [0.1, 0.15) is 51.8 Å². The molecule has 5 nitrogen and oxygen atoms in total. The number of carbonyl (C=O) groups is 2. The first kappa shape index (κ1) is 22.9. The lowest BCUT2D eigenvalue weighted by molar-refractivity contribution is -0.128. The fraction of sp³-hybridized carbons (Fsp3) is 0.259. The summed E-state index contributed by atoms with van der Waals surface area (Å²) in [5.41, 5.74) is 3.79. The van der Waals surface area contributed by atoms with Crippen LogP contribution in [0.3, 0.4) is 0 Å². The van der Waals surface area contributed by atoms with Gasteiger partial charge < -0.3 is 15.0 Å². The van der Waals surface area contributed by atoms with E-state index in [0.29, 0.717) is 17.9 Å². The van der Waals surface area contributed by atoms with E-state index in [-0.39, 0.29) is 23.2 Å². The molecule has 0 bridgehead atoms. The van der Waals surface area contributed by atoms with Gasteiger partial charge >= 0.3 is 0 Å². The number of rotatable bonds is 8. The van der Waals surface area contributed by atoms with Crippen LogP contribution in [0.25, 0.3) is 0 Å². The van der Waals surface area contributed by atoms with E-state index in [1.54, 1.807) is 18.9 Å². The molecule has 0 saturated carbocycles. The highest BCUT2D eigenvalue weighted by molar-refractivity contribution is 8.00. The van der Waals surface area contributed by atoms with Crippen molar-refractivity contribution >= 4 is 23.6 Å². The molecule has 0 aromatic heterocycles. The number of amides is 2. The lowest BCUT2D eigenvalue weighted by atomic mass is 10.0. The maximum atomic E-state index is 12.9. The fourth-order valence-electron chi connectivity index (χ4n) is 3.98. The van der Waals surface area contributed by atoms with Crippen molar-refractivity contribution in [2.24, 2.45) is 0 Å². The first-order chi connectivity index (χ1) is 16.1. The van der Waals surface area contributed by atoms with E-state index in [4.69, 9.17) is 4.74 Å². The monoisotopic (exact) mass is 460 g/mol. The summed E-state index contributed by atoms with van der Waals surface area (Å²) >= 11 is 1.63. The Morgan fingerprint density at radius 2 is 1.76 bits per heavy atom. The van der Waals surface area contributed by atoms with Crippen LogP contribution >= 0.6 is 11.8 Å². The molecule has 1 N–H and O–H groups in total. The molecule has 2 amide bonds. The lowest BCUT2D eigenvalue weighted by Gasteiger charge is -2.24. The molecule has 1 fully saturated rings. The van der Waals surface area contributed by atoms with E-state index < -0.39 is 0 Å². The highest BCUT2D eigenvalue weighted by atomic mass is 32.2. The summed E-state index contributed by atoms with van der Waals surface area (Å²) < 4.78 is 5.22. The molecule has 0 radical (unpaired) electrons. The Kier molecular flexibility index (Phi) is 7.35. The Labute approximate surface area is 199 Å². The van der Waals surface area contributed by atoms with Crippen LogP contribution in [0, 0.1) is 0 Å². The molecule has 1 heterocycles. The van der Waals surface area contributed by atoms with E-state index in [2.05, 4.69) is 5.32 Å². The number of methoxy groups -OCH3 is 1. The van der Waals surface area contributed by atoms with Gasteiger partial charge in [-0.1, -0.05) is 61.5 Å². The van der Waals surface area contributed by atoms with Crippen molar-refractivity contribution in [2.75, 3.05) is 12.9 Å². The Hall–Kier alpha value is -3.25. The van der Waals surface area contributed by atoms with Crippen molar-refractivity contribution in [1.29, 1.82) is 0 Å². The number of hydrogen-bond donors (Lipinski definition) is 1. The maximum Gasteiger partial charge on any atom is 0.251 e. The van der Waals surface area contributed by atoms with Gasteiger partial charge in [-0.2, -0.15) is 0 Å². The molecule has 170 valence electrons. The summed E-state index contributed by atoms with van der Waals surface area (Å²) in [5.74, 6) is 1.29. The van der Waals surface area contributed by atoms with Gasteiger partial charge in [-0.05, 0) is 47.4 Å². The maximum absolute atomic E-state index is 12.9. The minimum absolute atomic E-state index is 0.0440. The van der Waals surface area contributed by atoms with Gasteiger partial charge in [0.15, 0.2) is 0 Å². The summed E-state index contributed by atoms with van der Waals surface area (Å²) in [7, 11) is 1.64. The van der Waals surface area contributed by atoms with Crippen LogP contribution in [-0.2, 0) is 11.3 Å². The number of thioether (sulfide) groups is 1. The van der Waals surface area contributed by atoms with E-state index >= 15 is 0 Å². The Bertz CT molecular complexity index is 1080. The topological polar surface area (TPSA) is 58.6 Å². The van der Waals surface area contributed by atoms with Crippen molar-refractivity contribution in [3.63, 3.8) is 0 Å². The van der Waals surface area contributed by atoms with Crippen LogP contribution < -0.4 is 10.1 Å². The van der Waals surface area contributed by atoms with Crippen LogP contribution in [0.2, 0.25) is 0 Å². The average Bonchev–Trinajstić information content (AvgIpc) is 3.23. The van der Waals surface area contributed by atoms with Gasteiger partial charge in [0.1, 0.15) is 11.1 Å². The minimum Gasteiger partial charge on any atom is -0.497 e. The van der Waals surface area contributed by atoms with Gasteiger partial charge in [-0.25, -0.2) is 0 Å². The highest BCUT2D eigenvalue weighted by Crippen LogP contribution is 2.39. The summed E-state index contributed by atoms with van der Waals surface area (Å²) in [4.78, 5) is 27.3. The molecule has 1 saturated heterocycles. The smallest absolute Gasteiger partial charge is 0.251 e. The Morgan fingerprint density at radius 1 is 1.06 bits per heavy atom. The SMILES string of the molecule is CC[C@@H](NC(=O)c1ccc([C@@H]2SCC(=O)N2Cc2ccccc2)cc1)c1ccc(OC)cc1. The number of benzene rings is 3. The second-order valence-electron chi connectivity index (χ2n) is 8.00. The molecule has 0 unspecified atom stereocenters. The van der Waals surface area contributed by atoms with E-state index in [0.717, 1.165) is 28.9 Å². The van der Waals surface area contributed by atoms with Gasteiger partial charge in [0, 0.05) is 12.1 Å². The van der Waals surface area contributed by atoms with Crippen molar-refractivity contribution in [1.82, 2.24) is 10.2 Å². The average molecular weight is 461 g/mol. The zero-order chi connectivity index (χ0) is 23.2. The summed E-state index contributed by atoms with van der Waals surface area (Å²) in [6.07, 6.45) is 0.783. The number of hydrogen-bond acceptors (Lipinski definition) is 4. The van der Waals surface area contributed by atoms with E-state index in [1.807, 2.05) is 90.7 Å². The van der Waals surface area contributed by atoms with Crippen molar-refractivity contribution < 1.29 is 14.3 Å². The van der Waals surface area contributed by atoms with Crippen molar-refractivity contribution in [3.8, 4) is 5.75 Å². The molecular formula is C27H28N2O3S. The minimum atomic E-state index is -0.111. The van der Waals surface area contributed by atoms with Gasteiger partial charge in [-0.15, -0.1) is 11.8 Å². The molecule has 6 heteroatoms.